The molecule has 180 valence electrons. The van der Waals surface area contributed by atoms with Crippen molar-refractivity contribution in [2.75, 3.05) is 17.3 Å². The molecule has 0 aliphatic rings. The van der Waals surface area contributed by atoms with E-state index in [9.17, 15) is 14.0 Å². The monoisotopic (exact) mass is 483 g/mol. The Balaban J connectivity index is 1.42. The molecule has 5 aromatic rings. The maximum atomic E-state index is 13.3. The van der Waals surface area contributed by atoms with Crippen molar-refractivity contribution in [3.05, 3.63) is 96.0 Å². The topological polar surface area (TPSA) is 97.9 Å². The van der Waals surface area contributed by atoms with Crippen LogP contribution in [-0.2, 0) is 7.05 Å². The van der Waals surface area contributed by atoms with Crippen molar-refractivity contribution >= 4 is 34.4 Å². The number of pyridine rings is 1. The predicted molar refractivity (Wildman–Crippen MR) is 134 cm³/mol. The van der Waals surface area contributed by atoms with E-state index in [-0.39, 0.29) is 17.6 Å². The molecule has 0 bridgehead atoms. The zero-order chi connectivity index (χ0) is 25.4. The molecule has 2 amide bonds. The lowest BCUT2D eigenvalue weighted by atomic mass is 10.1. The van der Waals surface area contributed by atoms with Gasteiger partial charge in [-0.25, -0.2) is 14.4 Å². The average Bonchev–Trinajstić information content (AvgIpc) is 3.51. The fourth-order valence-corrected chi connectivity index (χ4v) is 3.92. The number of carbonyl (C=O) groups is 2. The number of anilines is 2. The molecule has 3 heterocycles. The lowest BCUT2D eigenvalue weighted by molar-refractivity contribution is 0.0991. The first-order chi connectivity index (χ1) is 17.3. The van der Waals surface area contributed by atoms with E-state index in [4.69, 9.17) is 0 Å². The van der Waals surface area contributed by atoms with E-state index in [0.29, 0.717) is 28.3 Å². The van der Waals surface area contributed by atoms with Gasteiger partial charge in [0, 0.05) is 31.5 Å². The highest BCUT2D eigenvalue weighted by molar-refractivity contribution is 6.07. The van der Waals surface area contributed by atoms with E-state index in [2.05, 4.69) is 20.4 Å². The van der Waals surface area contributed by atoms with Crippen LogP contribution in [0.3, 0.4) is 0 Å². The molecule has 0 saturated carbocycles. The number of amides is 2. The van der Waals surface area contributed by atoms with Crippen LogP contribution in [0.4, 0.5) is 15.9 Å². The minimum atomic E-state index is -0.364. The van der Waals surface area contributed by atoms with Gasteiger partial charge in [0.1, 0.15) is 18.0 Å². The summed E-state index contributed by atoms with van der Waals surface area (Å²) in [5.74, 6) is -0.506. The number of aromatic nitrogens is 5. The third-order valence-electron chi connectivity index (χ3n) is 5.84. The summed E-state index contributed by atoms with van der Waals surface area (Å²) in [5, 5.41) is 6.74. The molecule has 1 N–H and O–H groups in total. The molecular weight excluding hydrogens is 461 g/mol. The summed E-state index contributed by atoms with van der Waals surface area (Å²) >= 11 is 0. The molecule has 5 rings (SSSR count). The number of halogens is 1. The SMILES string of the molecule is Cc1cc(C(=O)N(C)c2ccc(F)cc2)cc2c1ncn2-c1ccc(NC(=O)c2cnn(C)c2)nc1. The quantitative estimate of drug-likeness (QED) is 0.405. The molecule has 0 aliphatic carbocycles. The van der Waals surface area contributed by atoms with E-state index in [0.717, 1.165) is 16.6 Å². The molecule has 0 atom stereocenters. The second-order valence-electron chi connectivity index (χ2n) is 8.37. The summed E-state index contributed by atoms with van der Waals surface area (Å²) in [4.78, 5) is 35.9. The molecule has 0 radical (unpaired) electrons. The number of benzene rings is 2. The highest BCUT2D eigenvalue weighted by Gasteiger charge is 2.18. The van der Waals surface area contributed by atoms with Crippen LogP contribution in [0.25, 0.3) is 16.7 Å². The summed E-state index contributed by atoms with van der Waals surface area (Å²) in [6, 6.07) is 12.8. The number of hydrogen-bond donors (Lipinski definition) is 1. The van der Waals surface area contributed by atoms with E-state index in [1.54, 1.807) is 73.9 Å². The van der Waals surface area contributed by atoms with Gasteiger partial charge in [-0.1, -0.05) is 0 Å². The molecule has 10 heteroatoms. The normalized spacial score (nSPS) is 11.0. The maximum absolute atomic E-state index is 13.3. The molecule has 36 heavy (non-hydrogen) atoms. The molecule has 2 aromatic carbocycles. The average molecular weight is 484 g/mol. The third kappa shape index (κ3) is 4.31. The summed E-state index contributed by atoms with van der Waals surface area (Å²) in [6.45, 7) is 1.89. The second-order valence-corrected chi connectivity index (χ2v) is 8.37. The number of aryl methyl sites for hydroxylation is 2. The van der Waals surface area contributed by atoms with Gasteiger partial charge in [0.15, 0.2) is 0 Å². The fourth-order valence-electron chi connectivity index (χ4n) is 3.92. The Morgan fingerprint density at radius 3 is 2.44 bits per heavy atom. The van der Waals surface area contributed by atoms with Gasteiger partial charge >= 0.3 is 0 Å². The summed E-state index contributed by atoms with van der Waals surface area (Å²) < 4.78 is 16.7. The van der Waals surface area contributed by atoms with E-state index in [1.807, 2.05) is 11.5 Å². The maximum Gasteiger partial charge on any atom is 0.260 e. The highest BCUT2D eigenvalue weighted by atomic mass is 19.1. The van der Waals surface area contributed by atoms with Crippen LogP contribution >= 0.6 is 0 Å². The first-order valence-corrected chi connectivity index (χ1v) is 11.1. The largest absolute Gasteiger partial charge is 0.311 e. The van der Waals surface area contributed by atoms with Crippen molar-refractivity contribution in [3.8, 4) is 5.69 Å². The fraction of sp³-hybridized carbons (Fsp3) is 0.115. The molecule has 0 unspecified atom stereocenters. The van der Waals surface area contributed by atoms with Crippen LogP contribution < -0.4 is 10.2 Å². The van der Waals surface area contributed by atoms with Crippen molar-refractivity contribution in [1.82, 2.24) is 24.3 Å². The number of nitrogens with zero attached hydrogens (tertiary/aromatic N) is 6. The molecule has 0 fully saturated rings. The number of carbonyl (C=O) groups excluding carboxylic acids is 2. The number of nitrogens with one attached hydrogen (secondary N) is 1. The van der Waals surface area contributed by atoms with Crippen molar-refractivity contribution in [3.63, 3.8) is 0 Å². The number of hydrogen-bond acceptors (Lipinski definition) is 5. The van der Waals surface area contributed by atoms with Gasteiger partial charge in [-0.3, -0.25) is 18.8 Å². The zero-order valence-corrected chi connectivity index (χ0v) is 19.8. The van der Waals surface area contributed by atoms with E-state index >= 15 is 0 Å². The van der Waals surface area contributed by atoms with Gasteiger partial charge in [0.25, 0.3) is 11.8 Å². The summed E-state index contributed by atoms with van der Waals surface area (Å²) in [7, 11) is 3.38. The van der Waals surface area contributed by atoms with Crippen LogP contribution in [0.2, 0.25) is 0 Å². The second kappa shape index (κ2) is 9.06. The Labute approximate surface area is 205 Å². The Hall–Kier alpha value is -4.86. The van der Waals surface area contributed by atoms with Crippen molar-refractivity contribution in [2.45, 2.75) is 6.92 Å². The molecule has 0 aliphatic heterocycles. The van der Waals surface area contributed by atoms with Crippen LogP contribution in [0, 0.1) is 12.7 Å². The summed E-state index contributed by atoms with van der Waals surface area (Å²) in [5.41, 5.74) is 4.54. The number of imidazole rings is 1. The predicted octanol–water partition coefficient (Wildman–Crippen LogP) is 4.13. The van der Waals surface area contributed by atoms with E-state index in [1.165, 1.54) is 23.2 Å². The first-order valence-electron chi connectivity index (χ1n) is 11.1. The molecular formula is C26H22FN7O2. The summed E-state index contributed by atoms with van der Waals surface area (Å²) in [6.07, 6.45) is 6.39. The van der Waals surface area contributed by atoms with Gasteiger partial charge in [0.05, 0.1) is 34.7 Å². The van der Waals surface area contributed by atoms with Crippen LogP contribution in [-0.4, -0.2) is 43.2 Å². The lowest BCUT2D eigenvalue weighted by Crippen LogP contribution is -2.26. The number of fused-ring (bicyclic) bond motifs is 1. The molecule has 0 saturated heterocycles. The lowest BCUT2D eigenvalue weighted by Gasteiger charge is -2.18. The van der Waals surface area contributed by atoms with Crippen LogP contribution in [0.15, 0.2) is 73.4 Å². The smallest absolute Gasteiger partial charge is 0.260 e. The minimum absolute atomic E-state index is 0.231. The van der Waals surface area contributed by atoms with Gasteiger partial charge in [-0.15, -0.1) is 0 Å². The van der Waals surface area contributed by atoms with Gasteiger partial charge < -0.3 is 10.2 Å². The zero-order valence-electron chi connectivity index (χ0n) is 19.8. The van der Waals surface area contributed by atoms with E-state index < -0.39 is 0 Å². The number of rotatable bonds is 5. The molecule has 3 aromatic heterocycles. The Morgan fingerprint density at radius 1 is 1.00 bits per heavy atom. The van der Waals surface area contributed by atoms with Crippen molar-refractivity contribution in [1.29, 1.82) is 0 Å². The van der Waals surface area contributed by atoms with Crippen LogP contribution in [0.5, 0.6) is 0 Å². The molecule has 0 spiro atoms. The van der Waals surface area contributed by atoms with Gasteiger partial charge in [0.2, 0.25) is 0 Å². The Bertz CT molecular complexity index is 1590. The molecule has 9 nitrogen and oxygen atoms in total. The van der Waals surface area contributed by atoms with Crippen LogP contribution in [0.1, 0.15) is 26.3 Å². The third-order valence-corrected chi connectivity index (χ3v) is 5.84. The Kier molecular flexibility index (Phi) is 5.77. The van der Waals surface area contributed by atoms with Gasteiger partial charge in [-0.2, -0.15) is 5.10 Å². The first kappa shape index (κ1) is 22.9. The standard InChI is InChI=1S/C26H22FN7O2/c1-16-10-17(26(36)33(3)20-6-4-19(27)5-7-20)11-22-24(16)29-15-34(22)21-8-9-23(28-13-21)31-25(35)18-12-30-32(2)14-18/h4-15H,1-3H3,(H,28,31,35). The highest BCUT2D eigenvalue weighted by Crippen LogP contribution is 2.25. The minimum Gasteiger partial charge on any atom is -0.311 e. The van der Waals surface area contributed by atoms with Crippen molar-refractivity contribution < 1.29 is 14.0 Å². The Morgan fingerprint density at radius 2 is 1.78 bits per heavy atom. The van der Waals surface area contributed by atoms with Crippen molar-refractivity contribution in [2.24, 2.45) is 7.05 Å². The van der Waals surface area contributed by atoms with Gasteiger partial charge in [-0.05, 0) is 61.0 Å².